The maximum atomic E-state index is 9.84. The Kier molecular flexibility index (Phi) is 2.91. The van der Waals surface area contributed by atoms with Crippen LogP contribution in [0, 0.1) is 0 Å². The summed E-state index contributed by atoms with van der Waals surface area (Å²) in [5, 5.41) is 9.84. The van der Waals surface area contributed by atoms with Gasteiger partial charge in [-0.3, -0.25) is 4.99 Å². The molecule has 0 amide bonds. The van der Waals surface area contributed by atoms with Crippen molar-refractivity contribution in [2.75, 3.05) is 12.8 Å². The van der Waals surface area contributed by atoms with Crippen LogP contribution >= 0.6 is 0 Å². The van der Waals surface area contributed by atoms with Gasteiger partial charge >= 0.3 is 0 Å². The fourth-order valence-electron chi connectivity index (χ4n) is 1.37. The Bertz CT molecular complexity index is 351. The summed E-state index contributed by atoms with van der Waals surface area (Å²) < 4.78 is 0. The van der Waals surface area contributed by atoms with E-state index in [1.165, 1.54) is 0 Å². The molecular weight excluding hydrogens is 176 g/mol. The van der Waals surface area contributed by atoms with Crippen molar-refractivity contribution in [3.8, 4) is 0 Å². The van der Waals surface area contributed by atoms with E-state index in [4.69, 9.17) is 5.73 Å². The highest BCUT2D eigenvalue weighted by Gasteiger charge is 2.19. The Morgan fingerprint density at radius 2 is 2.07 bits per heavy atom. The number of anilines is 1. The summed E-state index contributed by atoms with van der Waals surface area (Å²) in [5.74, 6) is 0. The Labute approximate surface area is 84.3 Å². The summed E-state index contributed by atoms with van der Waals surface area (Å²) in [6.07, 6.45) is 1.69. The van der Waals surface area contributed by atoms with Gasteiger partial charge in [0.25, 0.3) is 0 Å². The number of hydrogen-bond donors (Lipinski definition) is 2. The highest BCUT2D eigenvalue weighted by atomic mass is 16.3. The number of aliphatic imine (C=N–C) groups is 1. The van der Waals surface area contributed by atoms with Gasteiger partial charge in [-0.1, -0.05) is 18.2 Å². The van der Waals surface area contributed by atoms with Crippen molar-refractivity contribution in [2.45, 2.75) is 19.4 Å². The average molecular weight is 192 g/mol. The lowest BCUT2D eigenvalue weighted by atomic mass is 9.94. The average Bonchev–Trinajstić information content (AvgIpc) is 2.07. The highest BCUT2D eigenvalue weighted by molar-refractivity contribution is 5.88. The van der Waals surface area contributed by atoms with Gasteiger partial charge in [-0.25, -0.2) is 0 Å². The SMILES string of the molecule is CN=Cc1cccc(C(C)(C)O)c1N. The number of nitrogens with two attached hydrogens (primary N) is 1. The summed E-state index contributed by atoms with van der Waals surface area (Å²) in [4.78, 5) is 3.90. The minimum atomic E-state index is -0.915. The van der Waals surface area contributed by atoms with Crippen molar-refractivity contribution < 1.29 is 5.11 Å². The molecule has 0 aliphatic carbocycles. The molecule has 1 aromatic rings. The van der Waals surface area contributed by atoms with Crippen molar-refractivity contribution in [3.63, 3.8) is 0 Å². The topological polar surface area (TPSA) is 58.6 Å². The van der Waals surface area contributed by atoms with Crippen LogP contribution < -0.4 is 5.73 Å². The third-order valence-electron chi connectivity index (χ3n) is 2.07. The minimum absolute atomic E-state index is 0.589. The van der Waals surface area contributed by atoms with Crippen LogP contribution in [-0.2, 0) is 5.60 Å². The number of aliphatic hydroxyl groups is 1. The molecule has 14 heavy (non-hydrogen) atoms. The molecule has 0 saturated heterocycles. The number of nitrogen functional groups attached to an aromatic ring is 1. The van der Waals surface area contributed by atoms with Crippen LogP contribution in [0.1, 0.15) is 25.0 Å². The van der Waals surface area contributed by atoms with E-state index < -0.39 is 5.60 Å². The van der Waals surface area contributed by atoms with E-state index in [-0.39, 0.29) is 0 Å². The van der Waals surface area contributed by atoms with Gasteiger partial charge in [0.1, 0.15) is 0 Å². The van der Waals surface area contributed by atoms with Gasteiger partial charge in [0.15, 0.2) is 0 Å². The fourth-order valence-corrected chi connectivity index (χ4v) is 1.37. The normalized spacial score (nSPS) is 12.3. The van der Waals surface area contributed by atoms with Gasteiger partial charge in [-0.05, 0) is 13.8 Å². The monoisotopic (exact) mass is 192 g/mol. The van der Waals surface area contributed by atoms with Crippen molar-refractivity contribution in [1.29, 1.82) is 0 Å². The lowest BCUT2D eigenvalue weighted by Crippen LogP contribution is -2.18. The van der Waals surface area contributed by atoms with Crippen molar-refractivity contribution in [1.82, 2.24) is 0 Å². The number of para-hydroxylation sites is 1. The van der Waals surface area contributed by atoms with Crippen LogP contribution in [0.25, 0.3) is 0 Å². The van der Waals surface area contributed by atoms with Crippen molar-refractivity contribution in [2.24, 2.45) is 4.99 Å². The first-order valence-corrected chi connectivity index (χ1v) is 4.50. The van der Waals surface area contributed by atoms with E-state index in [0.717, 1.165) is 11.1 Å². The van der Waals surface area contributed by atoms with Crippen LogP contribution in [0.2, 0.25) is 0 Å². The molecular formula is C11H16N2O. The van der Waals surface area contributed by atoms with Crippen molar-refractivity contribution in [3.05, 3.63) is 29.3 Å². The van der Waals surface area contributed by atoms with Crippen LogP contribution in [0.3, 0.4) is 0 Å². The predicted octanol–water partition coefficient (Wildman–Crippen LogP) is 1.54. The van der Waals surface area contributed by atoms with Crippen LogP contribution in [0.5, 0.6) is 0 Å². The van der Waals surface area contributed by atoms with Gasteiger partial charge in [0.2, 0.25) is 0 Å². The second-order valence-corrected chi connectivity index (χ2v) is 3.75. The first kappa shape index (κ1) is 10.7. The molecule has 0 aliphatic heterocycles. The molecule has 0 fully saturated rings. The van der Waals surface area contributed by atoms with Crippen LogP contribution in [-0.4, -0.2) is 18.4 Å². The first-order chi connectivity index (χ1) is 6.46. The predicted molar refractivity (Wildman–Crippen MR) is 59.6 cm³/mol. The molecule has 0 unspecified atom stereocenters. The first-order valence-electron chi connectivity index (χ1n) is 4.50. The third kappa shape index (κ3) is 2.12. The summed E-state index contributed by atoms with van der Waals surface area (Å²) in [6, 6.07) is 5.56. The Morgan fingerprint density at radius 1 is 1.43 bits per heavy atom. The Balaban J connectivity index is 3.28. The highest BCUT2D eigenvalue weighted by Crippen LogP contribution is 2.27. The molecule has 76 valence electrons. The minimum Gasteiger partial charge on any atom is -0.398 e. The molecule has 0 atom stereocenters. The summed E-state index contributed by atoms with van der Waals surface area (Å²) >= 11 is 0. The number of rotatable bonds is 2. The molecule has 3 heteroatoms. The zero-order chi connectivity index (χ0) is 10.8. The van der Waals surface area contributed by atoms with E-state index in [2.05, 4.69) is 4.99 Å². The zero-order valence-corrected chi connectivity index (χ0v) is 8.78. The largest absolute Gasteiger partial charge is 0.398 e. The van der Waals surface area contributed by atoms with Gasteiger partial charge in [0, 0.05) is 30.1 Å². The second-order valence-electron chi connectivity index (χ2n) is 3.75. The van der Waals surface area contributed by atoms with E-state index in [0.29, 0.717) is 5.69 Å². The second kappa shape index (κ2) is 3.80. The number of hydrogen-bond acceptors (Lipinski definition) is 3. The quantitative estimate of drug-likeness (QED) is 0.551. The maximum absolute atomic E-state index is 9.84. The lowest BCUT2D eigenvalue weighted by molar-refractivity contribution is 0.0794. The molecule has 0 radical (unpaired) electrons. The molecule has 0 heterocycles. The number of benzene rings is 1. The molecule has 0 spiro atoms. The summed E-state index contributed by atoms with van der Waals surface area (Å²) in [6.45, 7) is 3.43. The standard InChI is InChI=1S/C11H16N2O/c1-11(2,14)9-6-4-5-8(7-13-3)10(9)12/h4-7,14H,12H2,1-3H3. The third-order valence-corrected chi connectivity index (χ3v) is 2.07. The zero-order valence-electron chi connectivity index (χ0n) is 8.78. The molecule has 1 aromatic carbocycles. The molecule has 3 nitrogen and oxygen atoms in total. The molecule has 0 aliphatic rings. The van der Waals surface area contributed by atoms with Crippen LogP contribution in [0.4, 0.5) is 5.69 Å². The van der Waals surface area contributed by atoms with E-state index >= 15 is 0 Å². The molecule has 0 aromatic heterocycles. The molecule has 1 rings (SSSR count). The van der Waals surface area contributed by atoms with E-state index in [1.54, 1.807) is 27.1 Å². The van der Waals surface area contributed by atoms with Crippen molar-refractivity contribution >= 4 is 11.9 Å². The van der Waals surface area contributed by atoms with Gasteiger partial charge in [-0.2, -0.15) is 0 Å². The maximum Gasteiger partial charge on any atom is 0.0860 e. The molecule has 0 bridgehead atoms. The van der Waals surface area contributed by atoms with Crippen LogP contribution in [0.15, 0.2) is 23.2 Å². The van der Waals surface area contributed by atoms with Gasteiger partial charge in [-0.15, -0.1) is 0 Å². The smallest absolute Gasteiger partial charge is 0.0860 e. The fraction of sp³-hybridized carbons (Fsp3) is 0.364. The van der Waals surface area contributed by atoms with Gasteiger partial charge in [0.05, 0.1) is 5.60 Å². The Morgan fingerprint density at radius 3 is 2.57 bits per heavy atom. The van der Waals surface area contributed by atoms with E-state index in [1.807, 2.05) is 18.2 Å². The summed E-state index contributed by atoms with van der Waals surface area (Å²) in [5.41, 5.74) is 7.15. The number of nitrogens with zero attached hydrogens (tertiary/aromatic N) is 1. The molecule has 0 saturated carbocycles. The van der Waals surface area contributed by atoms with E-state index in [9.17, 15) is 5.11 Å². The Hall–Kier alpha value is -1.35. The lowest BCUT2D eigenvalue weighted by Gasteiger charge is -2.20. The van der Waals surface area contributed by atoms with Gasteiger partial charge < -0.3 is 10.8 Å². The molecule has 3 N–H and O–H groups in total. The summed E-state index contributed by atoms with van der Waals surface area (Å²) in [7, 11) is 1.69.